The van der Waals surface area contributed by atoms with Gasteiger partial charge in [-0.15, -0.1) is 0 Å². The smallest absolute Gasteiger partial charge is 0.338 e. The third kappa shape index (κ3) is 6.18. The number of fused-ring (bicyclic) bond motifs is 1. The Bertz CT molecular complexity index is 1650. The number of methoxy groups -OCH3 is 1. The van der Waals surface area contributed by atoms with Gasteiger partial charge in [0.15, 0.2) is 4.80 Å². The maximum Gasteiger partial charge on any atom is 0.338 e. The number of thiazole rings is 1. The van der Waals surface area contributed by atoms with Crippen LogP contribution in [0.5, 0.6) is 0 Å². The number of anilines is 1. The Morgan fingerprint density at radius 3 is 2.50 bits per heavy atom. The lowest BCUT2D eigenvalue weighted by Crippen LogP contribution is -2.19. The number of aromatic nitrogens is 1. The highest BCUT2D eigenvalue weighted by molar-refractivity contribution is 7.92. The van der Waals surface area contributed by atoms with Crippen molar-refractivity contribution in [2.45, 2.75) is 25.3 Å². The van der Waals surface area contributed by atoms with Gasteiger partial charge in [0, 0.05) is 24.9 Å². The van der Waals surface area contributed by atoms with Crippen LogP contribution in [-0.2, 0) is 26.0 Å². The van der Waals surface area contributed by atoms with E-state index in [0.717, 1.165) is 15.8 Å². The van der Waals surface area contributed by atoms with Gasteiger partial charge >= 0.3 is 5.97 Å². The minimum atomic E-state index is -3.83. The first kappa shape index (κ1) is 27.2. The van der Waals surface area contributed by atoms with E-state index < -0.39 is 21.9 Å². The first-order valence-electron chi connectivity index (χ1n) is 11.8. The van der Waals surface area contributed by atoms with Gasteiger partial charge < -0.3 is 14.0 Å². The van der Waals surface area contributed by atoms with E-state index in [0.29, 0.717) is 23.5 Å². The van der Waals surface area contributed by atoms with Gasteiger partial charge in [0.2, 0.25) is 0 Å². The van der Waals surface area contributed by atoms with Gasteiger partial charge in [0.05, 0.1) is 33.9 Å². The van der Waals surface area contributed by atoms with Crippen molar-refractivity contribution in [1.29, 1.82) is 0 Å². The first-order chi connectivity index (χ1) is 18.2. The number of nitrogens with one attached hydrogen (secondary N) is 1. The van der Waals surface area contributed by atoms with E-state index in [4.69, 9.17) is 9.47 Å². The fraction of sp³-hybridized carbons (Fsp3) is 0.222. The molecule has 0 aliphatic rings. The second kappa shape index (κ2) is 11.7. The molecule has 198 valence electrons. The summed E-state index contributed by atoms with van der Waals surface area (Å²) in [7, 11) is -2.24. The van der Waals surface area contributed by atoms with E-state index in [1.807, 2.05) is 11.5 Å². The fourth-order valence-electron chi connectivity index (χ4n) is 3.70. The molecule has 1 aromatic heterocycles. The first-order valence-corrected chi connectivity index (χ1v) is 14.1. The number of hydrogen-bond donors (Lipinski definition) is 1. The SMILES string of the molecule is CCOC(=O)c1ccc2c(c1)sc(=NC(=O)c1cccc(NS(=O)(=O)c3ccc(C)cc3)c1)n2CCOC. The molecule has 0 atom stereocenters. The third-order valence-electron chi connectivity index (χ3n) is 5.60. The number of nitrogens with zero attached hydrogens (tertiary/aromatic N) is 2. The summed E-state index contributed by atoms with van der Waals surface area (Å²) in [5.41, 5.74) is 2.61. The predicted molar refractivity (Wildman–Crippen MR) is 146 cm³/mol. The number of esters is 1. The lowest BCUT2D eigenvalue weighted by atomic mass is 10.2. The highest BCUT2D eigenvalue weighted by atomic mass is 32.2. The standard InChI is InChI=1S/C27H27N3O6S2/c1-4-36-26(32)20-10-13-23-24(17-20)37-27(30(23)14-15-35-3)28-25(31)19-6-5-7-21(16-19)29-38(33,34)22-11-8-18(2)9-12-22/h5-13,16-17,29H,4,14-15H2,1-3H3. The molecular weight excluding hydrogens is 526 g/mol. The van der Waals surface area contributed by atoms with Gasteiger partial charge in [0.25, 0.3) is 15.9 Å². The number of sulfonamides is 1. The number of benzene rings is 3. The quantitative estimate of drug-likeness (QED) is 0.308. The molecule has 38 heavy (non-hydrogen) atoms. The van der Waals surface area contributed by atoms with Crippen LogP contribution in [0, 0.1) is 6.92 Å². The number of ether oxygens (including phenoxy) is 2. The van der Waals surface area contributed by atoms with Crippen molar-refractivity contribution < 1.29 is 27.5 Å². The predicted octanol–water partition coefficient (Wildman–Crippen LogP) is 4.38. The Labute approximate surface area is 224 Å². The molecule has 0 saturated heterocycles. The minimum absolute atomic E-state index is 0.121. The zero-order chi connectivity index (χ0) is 27.3. The molecule has 1 N–H and O–H groups in total. The number of carbonyl (C=O) groups is 2. The van der Waals surface area contributed by atoms with Crippen molar-refractivity contribution in [3.05, 3.63) is 88.2 Å². The zero-order valence-electron chi connectivity index (χ0n) is 21.1. The molecule has 9 nitrogen and oxygen atoms in total. The van der Waals surface area contributed by atoms with Crippen LogP contribution >= 0.6 is 11.3 Å². The Kier molecular flexibility index (Phi) is 8.40. The number of aryl methyl sites for hydroxylation is 1. The van der Waals surface area contributed by atoms with Crippen molar-refractivity contribution in [1.82, 2.24) is 4.57 Å². The lowest BCUT2D eigenvalue weighted by molar-refractivity contribution is 0.0526. The van der Waals surface area contributed by atoms with Crippen LogP contribution in [0.2, 0.25) is 0 Å². The largest absolute Gasteiger partial charge is 0.462 e. The normalized spacial score (nSPS) is 12.0. The molecule has 0 aliphatic carbocycles. The number of carbonyl (C=O) groups excluding carboxylic acids is 2. The van der Waals surface area contributed by atoms with Crippen LogP contribution in [0.15, 0.2) is 76.6 Å². The van der Waals surface area contributed by atoms with Crippen LogP contribution in [0.4, 0.5) is 5.69 Å². The zero-order valence-corrected chi connectivity index (χ0v) is 22.8. The number of rotatable bonds is 9. The topological polar surface area (TPSA) is 116 Å². The third-order valence-corrected chi connectivity index (χ3v) is 8.04. The van der Waals surface area contributed by atoms with E-state index in [2.05, 4.69) is 9.71 Å². The number of hydrogen-bond acceptors (Lipinski definition) is 7. The molecule has 1 amide bonds. The molecule has 11 heteroatoms. The Morgan fingerprint density at radius 1 is 1.03 bits per heavy atom. The van der Waals surface area contributed by atoms with Crippen molar-refractivity contribution in [3.63, 3.8) is 0 Å². The molecule has 0 fully saturated rings. The van der Waals surface area contributed by atoms with Crippen molar-refractivity contribution in [2.24, 2.45) is 4.99 Å². The summed E-state index contributed by atoms with van der Waals surface area (Å²) < 4.78 is 41.0. The fourth-order valence-corrected chi connectivity index (χ4v) is 5.84. The van der Waals surface area contributed by atoms with Crippen LogP contribution in [0.25, 0.3) is 10.2 Å². The molecule has 1 heterocycles. The van der Waals surface area contributed by atoms with Crippen LogP contribution in [0.1, 0.15) is 33.2 Å². The lowest BCUT2D eigenvalue weighted by Gasteiger charge is -2.09. The molecule has 0 unspecified atom stereocenters. The summed E-state index contributed by atoms with van der Waals surface area (Å²) >= 11 is 1.26. The van der Waals surface area contributed by atoms with E-state index in [1.165, 1.54) is 29.5 Å². The van der Waals surface area contributed by atoms with E-state index in [-0.39, 0.29) is 22.8 Å². The second-order valence-electron chi connectivity index (χ2n) is 8.35. The molecule has 4 aromatic rings. The monoisotopic (exact) mass is 553 g/mol. The van der Waals surface area contributed by atoms with Crippen molar-refractivity contribution >= 4 is 49.1 Å². The highest BCUT2D eigenvalue weighted by Crippen LogP contribution is 2.21. The van der Waals surface area contributed by atoms with Gasteiger partial charge in [-0.3, -0.25) is 9.52 Å². The highest BCUT2D eigenvalue weighted by Gasteiger charge is 2.16. The van der Waals surface area contributed by atoms with Crippen LogP contribution < -0.4 is 9.52 Å². The Morgan fingerprint density at radius 2 is 1.79 bits per heavy atom. The average molecular weight is 554 g/mol. The molecule has 0 spiro atoms. The summed E-state index contributed by atoms with van der Waals surface area (Å²) in [4.78, 5) is 30.2. The summed E-state index contributed by atoms with van der Waals surface area (Å²) in [6.45, 7) is 4.72. The molecule has 4 rings (SSSR count). The maximum atomic E-state index is 13.1. The maximum absolute atomic E-state index is 13.1. The molecule has 3 aromatic carbocycles. The minimum Gasteiger partial charge on any atom is -0.462 e. The molecule has 0 radical (unpaired) electrons. The van der Waals surface area contributed by atoms with Gasteiger partial charge in [-0.2, -0.15) is 4.99 Å². The summed E-state index contributed by atoms with van der Waals surface area (Å²) in [5, 5.41) is 0. The van der Waals surface area contributed by atoms with Gasteiger partial charge in [0.1, 0.15) is 0 Å². The summed E-state index contributed by atoms with van der Waals surface area (Å²) in [5.74, 6) is -0.963. The second-order valence-corrected chi connectivity index (χ2v) is 11.0. The van der Waals surface area contributed by atoms with Crippen LogP contribution in [0.3, 0.4) is 0 Å². The molecule has 0 saturated carbocycles. The number of amides is 1. The van der Waals surface area contributed by atoms with Gasteiger partial charge in [-0.05, 0) is 62.4 Å². The molecule has 0 aliphatic heterocycles. The Balaban J connectivity index is 1.67. The van der Waals surface area contributed by atoms with Crippen molar-refractivity contribution in [2.75, 3.05) is 25.0 Å². The summed E-state index contributed by atoms with van der Waals surface area (Å²) in [6, 6.07) is 17.8. The summed E-state index contributed by atoms with van der Waals surface area (Å²) in [6.07, 6.45) is 0. The van der Waals surface area contributed by atoms with Crippen LogP contribution in [-0.4, -0.2) is 45.2 Å². The molecule has 0 bridgehead atoms. The molecular formula is C27H27N3O6S2. The van der Waals surface area contributed by atoms with Crippen molar-refractivity contribution in [3.8, 4) is 0 Å². The van der Waals surface area contributed by atoms with Gasteiger partial charge in [-0.25, -0.2) is 13.2 Å². The average Bonchev–Trinajstić information content (AvgIpc) is 3.23. The van der Waals surface area contributed by atoms with E-state index in [9.17, 15) is 18.0 Å². The Hall–Kier alpha value is -3.80. The van der Waals surface area contributed by atoms with E-state index in [1.54, 1.807) is 62.6 Å². The van der Waals surface area contributed by atoms with E-state index >= 15 is 0 Å². The van der Waals surface area contributed by atoms with Gasteiger partial charge in [-0.1, -0.05) is 35.1 Å².